The van der Waals surface area contributed by atoms with E-state index in [-0.39, 0.29) is 0 Å². The van der Waals surface area contributed by atoms with Gasteiger partial charge in [0.1, 0.15) is 0 Å². The molecule has 0 radical (unpaired) electrons. The van der Waals surface area contributed by atoms with E-state index >= 15 is 0 Å². The van der Waals surface area contributed by atoms with Crippen molar-refractivity contribution in [2.24, 2.45) is 0 Å². The Morgan fingerprint density at radius 1 is 1.62 bits per heavy atom. The van der Waals surface area contributed by atoms with Crippen molar-refractivity contribution in [3.05, 3.63) is 0 Å². The van der Waals surface area contributed by atoms with Crippen LogP contribution in [-0.4, -0.2) is 25.2 Å². The largest absolute Gasteiger partial charge is 0.466 e. The molecule has 0 spiro atoms. The van der Waals surface area contributed by atoms with Gasteiger partial charge in [0.15, 0.2) is 0 Å². The minimum absolute atomic E-state index is 0.424. The van der Waals surface area contributed by atoms with Gasteiger partial charge in [0.2, 0.25) is 5.01 Å². The average Bonchev–Trinajstić information content (AvgIpc) is 1.84. The number of alkyl halides is 1. The van der Waals surface area contributed by atoms with Crippen LogP contribution in [0.15, 0.2) is 0 Å². The number of carbonyl (C=O) groups is 1. The Hall–Kier alpha value is -0.0900. The van der Waals surface area contributed by atoms with Crippen LogP contribution in [0.3, 0.4) is 0 Å². The highest BCUT2D eigenvalue weighted by atomic mass is 79.9. The summed E-state index contributed by atoms with van der Waals surface area (Å²) in [5, 5.41) is -0.632. The highest BCUT2D eigenvalue weighted by Gasteiger charge is 2.11. The molecule has 0 fully saturated rings. The first-order valence-corrected chi connectivity index (χ1v) is 2.88. The summed E-state index contributed by atoms with van der Waals surface area (Å²) in [6.45, 7) is 0. The topological polar surface area (TPSA) is 35.5 Å². The fourth-order valence-electron chi connectivity index (χ4n) is 0.189. The number of methoxy groups -OCH3 is 2. The Labute approximate surface area is 56.1 Å². The Kier molecular flexibility index (Phi) is 3.81. The molecular weight excluding hydrogens is 176 g/mol. The minimum atomic E-state index is -0.632. The van der Waals surface area contributed by atoms with E-state index in [2.05, 4.69) is 25.4 Å². The molecule has 0 amide bonds. The molecule has 0 aliphatic carbocycles. The lowest BCUT2D eigenvalue weighted by Crippen LogP contribution is -2.16. The average molecular weight is 183 g/mol. The van der Waals surface area contributed by atoms with E-state index < -0.39 is 11.0 Å². The van der Waals surface area contributed by atoms with Crippen molar-refractivity contribution in [2.45, 2.75) is 5.01 Å². The van der Waals surface area contributed by atoms with Gasteiger partial charge in [-0.3, -0.25) is 0 Å². The number of ether oxygens (including phenoxy) is 2. The zero-order valence-corrected chi connectivity index (χ0v) is 6.27. The molecule has 1 unspecified atom stereocenters. The van der Waals surface area contributed by atoms with Crippen LogP contribution in [0.4, 0.5) is 0 Å². The summed E-state index contributed by atoms with van der Waals surface area (Å²) in [7, 11) is 2.71. The van der Waals surface area contributed by atoms with Crippen LogP contribution >= 0.6 is 15.9 Å². The van der Waals surface area contributed by atoms with Crippen LogP contribution in [0.5, 0.6) is 0 Å². The Balaban J connectivity index is 3.46. The third-order valence-electron chi connectivity index (χ3n) is 0.593. The second-order valence-corrected chi connectivity index (χ2v) is 1.91. The lowest BCUT2D eigenvalue weighted by Gasteiger charge is -2.02. The Bertz CT molecular complexity index is 83.4. The zero-order chi connectivity index (χ0) is 6.57. The predicted molar refractivity (Wildman–Crippen MR) is 31.7 cm³/mol. The van der Waals surface area contributed by atoms with Crippen molar-refractivity contribution in [3.63, 3.8) is 0 Å². The molecule has 48 valence electrons. The van der Waals surface area contributed by atoms with Crippen LogP contribution in [0.25, 0.3) is 0 Å². The van der Waals surface area contributed by atoms with Crippen molar-refractivity contribution in [1.29, 1.82) is 0 Å². The third kappa shape index (κ3) is 2.28. The number of carbonyl (C=O) groups excluding carboxylic acids is 1. The molecule has 0 aromatic rings. The molecule has 0 saturated carbocycles. The predicted octanol–water partition coefficient (Wildman–Crippen LogP) is 0.527. The van der Waals surface area contributed by atoms with E-state index in [1.54, 1.807) is 0 Å². The smallest absolute Gasteiger partial charge is 0.346 e. The molecule has 0 aliphatic heterocycles. The summed E-state index contributed by atoms with van der Waals surface area (Å²) < 4.78 is 8.84. The summed E-state index contributed by atoms with van der Waals surface area (Å²) in [5.74, 6) is -0.424. The molecule has 0 N–H and O–H groups in total. The van der Waals surface area contributed by atoms with Crippen LogP contribution < -0.4 is 0 Å². The first-order chi connectivity index (χ1) is 3.72. The zero-order valence-electron chi connectivity index (χ0n) is 4.68. The maximum atomic E-state index is 10.3. The summed E-state index contributed by atoms with van der Waals surface area (Å²) in [5.41, 5.74) is 0. The lowest BCUT2D eigenvalue weighted by molar-refractivity contribution is -0.146. The number of esters is 1. The van der Waals surface area contributed by atoms with E-state index in [4.69, 9.17) is 0 Å². The molecule has 0 bridgehead atoms. The normalized spacial score (nSPS) is 12.9. The van der Waals surface area contributed by atoms with Crippen molar-refractivity contribution >= 4 is 21.9 Å². The van der Waals surface area contributed by atoms with Gasteiger partial charge < -0.3 is 9.47 Å². The summed E-state index contributed by atoms with van der Waals surface area (Å²) in [6.07, 6.45) is 0. The SMILES string of the molecule is COC(=O)C(Br)OC. The summed E-state index contributed by atoms with van der Waals surface area (Å²) in [4.78, 5) is 10.3. The van der Waals surface area contributed by atoms with Crippen LogP contribution in [-0.2, 0) is 14.3 Å². The van der Waals surface area contributed by atoms with E-state index in [1.807, 2.05) is 0 Å². The highest BCUT2D eigenvalue weighted by Crippen LogP contribution is 2.00. The van der Waals surface area contributed by atoms with Gasteiger partial charge in [-0.2, -0.15) is 0 Å². The molecular formula is C4H7BrO3. The van der Waals surface area contributed by atoms with Crippen LogP contribution in [0.1, 0.15) is 0 Å². The summed E-state index contributed by atoms with van der Waals surface area (Å²) in [6, 6.07) is 0. The number of hydrogen-bond acceptors (Lipinski definition) is 3. The second-order valence-electron chi connectivity index (χ2n) is 1.07. The van der Waals surface area contributed by atoms with E-state index in [9.17, 15) is 4.79 Å². The van der Waals surface area contributed by atoms with Crippen molar-refractivity contribution in [1.82, 2.24) is 0 Å². The molecule has 0 aromatic heterocycles. The van der Waals surface area contributed by atoms with Gasteiger partial charge in [-0.05, 0) is 15.9 Å². The molecule has 0 rings (SSSR count). The molecule has 1 atom stereocenters. The maximum Gasteiger partial charge on any atom is 0.346 e. The highest BCUT2D eigenvalue weighted by molar-refractivity contribution is 9.09. The van der Waals surface area contributed by atoms with Gasteiger partial charge in [0.05, 0.1) is 7.11 Å². The molecule has 0 heterocycles. The number of rotatable bonds is 2. The molecule has 4 heteroatoms. The Morgan fingerprint density at radius 3 is 2.25 bits per heavy atom. The fraction of sp³-hybridized carbons (Fsp3) is 0.750. The minimum Gasteiger partial charge on any atom is -0.466 e. The second kappa shape index (κ2) is 3.86. The first kappa shape index (κ1) is 7.91. The van der Waals surface area contributed by atoms with Crippen LogP contribution in [0, 0.1) is 0 Å². The van der Waals surface area contributed by atoms with Gasteiger partial charge in [-0.1, -0.05) is 0 Å². The van der Waals surface area contributed by atoms with Crippen molar-refractivity contribution in [2.75, 3.05) is 14.2 Å². The monoisotopic (exact) mass is 182 g/mol. The lowest BCUT2D eigenvalue weighted by atomic mass is 10.7. The van der Waals surface area contributed by atoms with Gasteiger partial charge in [-0.15, -0.1) is 0 Å². The van der Waals surface area contributed by atoms with Gasteiger partial charge in [0, 0.05) is 7.11 Å². The molecule has 3 nitrogen and oxygen atoms in total. The number of hydrogen-bond donors (Lipinski definition) is 0. The fourth-order valence-corrected chi connectivity index (χ4v) is 0.376. The molecule has 8 heavy (non-hydrogen) atoms. The van der Waals surface area contributed by atoms with Gasteiger partial charge >= 0.3 is 5.97 Å². The Morgan fingerprint density at radius 2 is 2.12 bits per heavy atom. The van der Waals surface area contributed by atoms with Crippen LogP contribution in [0.2, 0.25) is 0 Å². The van der Waals surface area contributed by atoms with E-state index in [1.165, 1.54) is 14.2 Å². The molecule has 0 aliphatic rings. The molecule has 0 saturated heterocycles. The standard InChI is InChI=1S/C4H7BrO3/c1-7-3(5)4(6)8-2/h3H,1-2H3. The first-order valence-electron chi connectivity index (χ1n) is 1.97. The molecule has 0 aromatic carbocycles. The van der Waals surface area contributed by atoms with Crippen molar-refractivity contribution in [3.8, 4) is 0 Å². The maximum absolute atomic E-state index is 10.3. The summed E-state index contributed by atoms with van der Waals surface area (Å²) >= 11 is 2.91. The third-order valence-corrected chi connectivity index (χ3v) is 1.34. The van der Waals surface area contributed by atoms with Crippen molar-refractivity contribution < 1.29 is 14.3 Å². The number of halogens is 1. The van der Waals surface area contributed by atoms with Gasteiger partial charge in [-0.25, -0.2) is 4.79 Å². The van der Waals surface area contributed by atoms with E-state index in [0.29, 0.717) is 0 Å². The van der Waals surface area contributed by atoms with E-state index in [0.717, 1.165) is 0 Å². The quantitative estimate of drug-likeness (QED) is 0.462. The van der Waals surface area contributed by atoms with Gasteiger partial charge in [0.25, 0.3) is 0 Å².